The lowest BCUT2D eigenvalue weighted by atomic mass is 10.1. The minimum absolute atomic E-state index is 0.224. The number of benzene rings is 1. The summed E-state index contributed by atoms with van der Waals surface area (Å²) in [5.74, 6) is 0.905. The van der Waals surface area contributed by atoms with E-state index in [1.807, 2.05) is 19.1 Å². The van der Waals surface area contributed by atoms with Gasteiger partial charge in [-0.15, -0.1) is 11.3 Å². The van der Waals surface area contributed by atoms with Gasteiger partial charge in [0.2, 0.25) is 0 Å². The number of aromatic nitrogens is 5. The molecule has 11 heteroatoms. The van der Waals surface area contributed by atoms with Gasteiger partial charge in [0.15, 0.2) is 5.69 Å². The molecule has 0 aliphatic rings. The van der Waals surface area contributed by atoms with Crippen LogP contribution in [0.25, 0.3) is 21.5 Å². The van der Waals surface area contributed by atoms with Gasteiger partial charge in [-0.2, -0.15) is 23.4 Å². The van der Waals surface area contributed by atoms with Crippen LogP contribution in [0.3, 0.4) is 0 Å². The summed E-state index contributed by atoms with van der Waals surface area (Å²) < 4.78 is 44.2. The predicted octanol–water partition coefficient (Wildman–Crippen LogP) is 4.49. The van der Waals surface area contributed by atoms with Crippen molar-refractivity contribution in [1.82, 2.24) is 25.1 Å². The van der Waals surface area contributed by atoms with Gasteiger partial charge in [-0.3, -0.25) is 0 Å². The minimum Gasteiger partial charge on any atom is -0.494 e. The summed E-state index contributed by atoms with van der Waals surface area (Å²) in [4.78, 5) is 12.3. The van der Waals surface area contributed by atoms with E-state index in [2.05, 4.69) is 30.5 Å². The van der Waals surface area contributed by atoms with E-state index in [-0.39, 0.29) is 5.01 Å². The van der Waals surface area contributed by atoms with Crippen molar-refractivity contribution in [3.05, 3.63) is 53.1 Å². The summed E-state index contributed by atoms with van der Waals surface area (Å²) in [5, 5.41) is 13.1. The average molecular weight is 432 g/mol. The van der Waals surface area contributed by atoms with Crippen LogP contribution in [0.1, 0.15) is 17.1 Å². The number of methoxy groups -OCH3 is 1. The number of aryl methyl sites for hydroxylation is 1. The minimum atomic E-state index is -4.50. The maximum atomic E-state index is 12.9. The molecule has 3 aromatic heterocycles. The lowest BCUT2D eigenvalue weighted by Crippen LogP contribution is -2.06. The van der Waals surface area contributed by atoms with Crippen LogP contribution in [0.2, 0.25) is 0 Å². The van der Waals surface area contributed by atoms with Gasteiger partial charge < -0.3 is 10.1 Å². The molecule has 0 fully saturated rings. The van der Waals surface area contributed by atoms with E-state index in [0.29, 0.717) is 40.3 Å². The third-order valence-corrected chi connectivity index (χ3v) is 5.15. The molecular weight excluding hydrogens is 417 g/mol. The van der Waals surface area contributed by atoms with E-state index >= 15 is 0 Å². The first-order valence-corrected chi connectivity index (χ1v) is 9.62. The van der Waals surface area contributed by atoms with Gasteiger partial charge in [0.25, 0.3) is 0 Å². The third-order valence-electron chi connectivity index (χ3n) is 4.26. The third kappa shape index (κ3) is 4.01. The summed E-state index contributed by atoms with van der Waals surface area (Å²) in [7, 11) is 1.47. The number of fused-ring (bicyclic) bond motifs is 1. The zero-order valence-electron chi connectivity index (χ0n) is 15.9. The predicted molar refractivity (Wildman–Crippen MR) is 106 cm³/mol. The van der Waals surface area contributed by atoms with Crippen molar-refractivity contribution in [2.45, 2.75) is 19.6 Å². The van der Waals surface area contributed by atoms with Crippen LogP contribution in [-0.4, -0.2) is 32.3 Å². The fourth-order valence-corrected chi connectivity index (χ4v) is 3.60. The smallest absolute Gasteiger partial charge is 0.434 e. The summed E-state index contributed by atoms with van der Waals surface area (Å²) >= 11 is 0.909. The summed E-state index contributed by atoms with van der Waals surface area (Å²) in [6, 6.07) is 7.01. The Bertz CT molecular complexity index is 1190. The molecular formula is C19H15F3N6OS. The topological polar surface area (TPSA) is 85.7 Å². The van der Waals surface area contributed by atoms with Crippen LogP contribution in [0.5, 0.6) is 5.75 Å². The normalized spacial score (nSPS) is 11.6. The number of halogens is 3. The molecule has 0 amide bonds. The van der Waals surface area contributed by atoms with Gasteiger partial charge in [0.05, 0.1) is 25.0 Å². The van der Waals surface area contributed by atoms with Crippen molar-refractivity contribution >= 4 is 28.1 Å². The van der Waals surface area contributed by atoms with Gasteiger partial charge in [-0.1, -0.05) is 0 Å². The Morgan fingerprint density at radius 1 is 1.13 bits per heavy atom. The zero-order valence-corrected chi connectivity index (χ0v) is 16.7. The van der Waals surface area contributed by atoms with E-state index in [1.165, 1.54) is 13.4 Å². The number of ether oxygens (including phenoxy) is 1. The molecule has 1 N–H and O–H groups in total. The van der Waals surface area contributed by atoms with E-state index in [0.717, 1.165) is 22.4 Å². The number of thiazole rings is 1. The Labute approximate surface area is 173 Å². The number of hydrogen-bond acceptors (Lipinski definition) is 8. The fraction of sp³-hybridized carbons (Fsp3) is 0.211. The van der Waals surface area contributed by atoms with E-state index < -0.39 is 11.9 Å². The number of anilines is 1. The molecule has 0 aliphatic carbocycles. The lowest BCUT2D eigenvalue weighted by Gasteiger charge is -2.11. The molecule has 0 saturated carbocycles. The Morgan fingerprint density at radius 2 is 1.97 bits per heavy atom. The highest BCUT2D eigenvalue weighted by Gasteiger charge is 2.34. The second-order valence-electron chi connectivity index (χ2n) is 6.35. The summed E-state index contributed by atoms with van der Waals surface area (Å²) in [6.07, 6.45) is -3.11. The van der Waals surface area contributed by atoms with Crippen LogP contribution in [0.4, 0.5) is 19.0 Å². The molecule has 3 heterocycles. The molecule has 30 heavy (non-hydrogen) atoms. The molecule has 7 nitrogen and oxygen atoms in total. The van der Waals surface area contributed by atoms with Gasteiger partial charge in [-0.25, -0.2) is 15.0 Å². The van der Waals surface area contributed by atoms with Gasteiger partial charge in [0.1, 0.15) is 28.4 Å². The Hall–Kier alpha value is -3.34. The number of alkyl halides is 3. The zero-order chi connectivity index (χ0) is 21.3. The van der Waals surface area contributed by atoms with Crippen molar-refractivity contribution in [1.29, 1.82) is 0 Å². The van der Waals surface area contributed by atoms with Crippen molar-refractivity contribution in [3.63, 3.8) is 0 Å². The number of nitrogens with zero attached hydrogens (tertiary/aromatic N) is 5. The molecule has 154 valence electrons. The maximum absolute atomic E-state index is 12.9. The highest BCUT2D eigenvalue weighted by Crippen LogP contribution is 2.37. The molecule has 4 rings (SSSR count). The van der Waals surface area contributed by atoms with Crippen molar-refractivity contribution in [2.24, 2.45) is 0 Å². The molecule has 0 bridgehead atoms. The summed E-state index contributed by atoms with van der Waals surface area (Å²) in [5.41, 5.74) is 1.60. The molecule has 4 aromatic rings. The van der Waals surface area contributed by atoms with Crippen LogP contribution in [0.15, 0.2) is 36.0 Å². The molecule has 0 atom stereocenters. The lowest BCUT2D eigenvalue weighted by molar-refractivity contribution is -0.140. The first-order chi connectivity index (χ1) is 14.3. The molecule has 0 saturated heterocycles. The second kappa shape index (κ2) is 7.82. The number of rotatable bonds is 5. The summed E-state index contributed by atoms with van der Waals surface area (Å²) in [6.45, 7) is 2.21. The Kier molecular flexibility index (Phi) is 5.20. The first kappa shape index (κ1) is 20.0. The molecule has 0 spiro atoms. The van der Waals surface area contributed by atoms with Crippen LogP contribution < -0.4 is 10.1 Å². The fourth-order valence-electron chi connectivity index (χ4n) is 2.79. The van der Waals surface area contributed by atoms with Crippen molar-refractivity contribution in [3.8, 4) is 16.3 Å². The van der Waals surface area contributed by atoms with Crippen LogP contribution in [0, 0.1) is 6.92 Å². The molecule has 0 unspecified atom stereocenters. The first-order valence-electron chi connectivity index (χ1n) is 8.74. The highest BCUT2D eigenvalue weighted by molar-refractivity contribution is 7.13. The van der Waals surface area contributed by atoms with E-state index in [9.17, 15) is 13.2 Å². The molecule has 1 aromatic carbocycles. The van der Waals surface area contributed by atoms with Gasteiger partial charge in [-0.05, 0) is 31.2 Å². The monoisotopic (exact) mass is 432 g/mol. The molecule has 0 radical (unpaired) electrons. The highest BCUT2D eigenvalue weighted by atomic mass is 32.1. The average Bonchev–Trinajstić information content (AvgIpc) is 3.23. The number of hydrogen-bond donors (Lipinski definition) is 1. The van der Waals surface area contributed by atoms with E-state index in [1.54, 1.807) is 12.1 Å². The SMILES string of the molecule is COc1cc(-c2nc(C(F)(F)F)cs2)cc2c(NCc3ccc(C)nn3)ncnc12. The van der Waals surface area contributed by atoms with Crippen molar-refractivity contribution < 1.29 is 17.9 Å². The Morgan fingerprint density at radius 3 is 2.63 bits per heavy atom. The standard InChI is InChI=1S/C19H15F3N6OS/c1-10-3-4-12(28-27-10)7-23-17-13-5-11(6-14(29-2)16(13)24-9-25-17)18-26-15(8-30-18)19(20,21)22/h3-6,8-9H,7H2,1-2H3,(H,23,24,25). The largest absolute Gasteiger partial charge is 0.494 e. The van der Waals surface area contributed by atoms with Crippen LogP contribution in [-0.2, 0) is 12.7 Å². The van der Waals surface area contributed by atoms with E-state index in [4.69, 9.17) is 4.74 Å². The maximum Gasteiger partial charge on any atom is 0.434 e. The van der Waals surface area contributed by atoms with Crippen molar-refractivity contribution in [2.75, 3.05) is 12.4 Å². The van der Waals surface area contributed by atoms with Crippen LogP contribution >= 0.6 is 11.3 Å². The van der Waals surface area contributed by atoms with Gasteiger partial charge >= 0.3 is 6.18 Å². The number of nitrogens with one attached hydrogen (secondary N) is 1. The second-order valence-corrected chi connectivity index (χ2v) is 7.21. The quantitative estimate of drug-likeness (QED) is 0.497. The van der Waals surface area contributed by atoms with Gasteiger partial charge in [0, 0.05) is 16.3 Å². The Balaban J connectivity index is 1.74. The molecule has 0 aliphatic heterocycles.